The number of carbonyl (C=O) groups is 2. The SMILES string of the molecule is CC1(c2ccc(F)c(F)c2)NC(=O)N(Cc2ccccc2Br)C1=O. The summed E-state index contributed by atoms with van der Waals surface area (Å²) in [5.74, 6) is -2.60. The molecule has 1 fully saturated rings. The summed E-state index contributed by atoms with van der Waals surface area (Å²) in [4.78, 5) is 26.1. The molecule has 2 aromatic carbocycles. The van der Waals surface area contributed by atoms with Crippen molar-refractivity contribution in [3.8, 4) is 0 Å². The maximum atomic E-state index is 13.5. The highest BCUT2D eigenvalue weighted by Crippen LogP contribution is 2.31. The van der Waals surface area contributed by atoms with Crippen LogP contribution in [0.5, 0.6) is 0 Å². The van der Waals surface area contributed by atoms with E-state index < -0.39 is 29.1 Å². The zero-order chi connectivity index (χ0) is 17.5. The fourth-order valence-electron chi connectivity index (χ4n) is 2.64. The lowest BCUT2D eigenvalue weighted by Crippen LogP contribution is -2.41. The van der Waals surface area contributed by atoms with E-state index in [1.807, 2.05) is 12.1 Å². The van der Waals surface area contributed by atoms with Gasteiger partial charge in [-0.3, -0.25) is 9.69 Å². The Morgan fingerprint density at radius 2 is 1.83 bits per heavy atom. The molecule has 24 heavy (non-hydrogen) atoms. The van der Waals surface area contributed by atoms with Crippen molar-refractivity contribution in [2.24, 2.45) is 0 Å². The molecule has 0 radical (unpaired) electrons. The van der Waals surface area contributed by atoms with E-state index in [0.29, 0.717) is 0 Å². The molecule has 1 heterocycles. The van der Waals surface area contributed by atoms with Crippen LogP contribution in [0.2, 0.25) is 0 Å². The maximum absolute atomic E-state index is 13.5. The Morgan fingerprint density at radius 1 is 1.12 bits per heavy atom. The van der Waals surface area contributed by atoms with E-state index in [1.165, 1.54) is 13.0 Å². The summed E-state index contributed by atoms with van der Waals surface area (Å²) in [5.41, 5.74) is -0.489. The van der Waals surface area contributed by atoms with Crippen molar-refractivity contribution >= 4 is 27.9 Å². The normalized spacial score (nSPS) is 20.4. The number of halogens is 3. The van der Waals surface area contributed by atoms with Gasteiger partial charge in [-0.25, -0.2) is 13.6 Å². The van der Waals surface area contributed by atoms with E-state index in [4.69, 9.17) is 0 Å². The molecule has 0 saturated carbocycles. The predicted octanol–water partition coefficient (Wildman–Crippen LogP) is 3.69. The van der Waals surface area contributed by atoms with Gasteiger partial charge in [0.2, 0.25) is 0 Å². The summed E-state index contributed by atoms with van der Waals surface area (Å²) in [6.07, 6.45) is 0. The molecule has 4 nitrogen and oxygen atoms in total. The van der Waals surface area contributed by atoms with Crippen molar-refractivity contribution < 1.29 is 18.4 Å². The second-order valence-electron chi connectivity index (χ2n) is 5.67. The predicted molar refractivity (Wildman–Crippen MR) is 86.9 cm³/mol. The Hall–Kier alpha value is -2.28. The van der Waals surface area contributed by atoms with Gasteiger partial charge in [-0.1, -0.05) is 40.2 Å². The van der Waals surface area contributed by atoms with Gasteiger partial charge in [0.05, 0.1) is 6.54 Å². The molecule has 0 spiro atoms. The number of amides is 3. The first kappa shape index (κ1) is 16.6. The maximum Gasteiger partial charge on any atom is 0.325 e. The van der Waals surface area contributed by atoms with E-state index in [-0.39, 0.29) is 12.1 Å². The average molecular weight is 395 g/mol. The fourth-order valence-corrected chi connectivity index (χ4v) is 3.05. The van der Waals surface area contributed by atoms with Crippen molar-refractivity contribution in [1.29, 1.82) is 0 Å². The van der Waals surface area contributed by atoms with Gasteiger partial charge < -0.3 is 5.32 Å². The summed E-state index contributed by atoms with van der Waals surface area (Å²) < 4.78 is 27.4. The van der Waals surface area contributed by atoms with E-state index in [1.54, 1.807) is 12.1 Å². The smallest absolute Gasteiger partial charge is 0.319 e. The lowest BCUT2D eigenvalue weighted by atomic mass is 9.92. The first-order valence-electron chi connectivity index (χ1n) is 7.16. The third kappa shape index (κ3) is 2.69. The highest BCUT2D eigenvalue weighted by atomic mass is 79.9. The molecular formula is C17H13BrF2N2O2. The molecule has 2 aromatic rings. The molecular weight excluding hydrogens is 382 g/mol. The standard InChI is InChI=1S/C17H13BrF2N2O2/c1-17(11-6-7-13(19)14(20)8-11)15(23)22(16(24)21-17)9-10-4-2-3-5-12(10)18/h2-8H,9H2,1H3,(H,21,24). The molecule has 3 rings (SSSR count). The monoisotopic (exact) mass is 394 g/mol. The molecule has 1 unspecified atom stereocenters. The van der Waals surface area contributed by atoms with E-state index in [0.717, 1.165) is 27.1 Å². The van der Waals surface area contributed by atoms with Crippen molar-refractivity contribution in [2.75, 3.05) is 0 Å². The summed E-state index contributed by atoms with van der Waals surface area (Å²) in [5, 5.41) is 2.57. The minimum absolute atomic E-state index is 0.0748. The van der Waals surface area contributed by atoms with Gasteiger partial charge in [0, 0.05) is 4.47 Å². The molecule has 1 aliphatic rings. The molecule has 1 atom stereocenters. The molecule has 124 valence electrons. The number of nitrogens with zero attached hydrogens (tertiary/aromatic N) is 1. The van der Waals surface area contributed by atoms with Crippen LogP contribution in [0, 0.1) is 11.6 Å². The third-order valence-electron chi connectivity index (χ3n) is 4.06. The number of benzene rings is 2. The lowest BCUT2D eigenvalue weighted by molar-refractivity contribution is -0.131. The average Bonchev–Trinajstić information content (AvgIpc) is 2.76. The quantitative estimate of drug-likeness (QED) is 0.806. The molecule has 1 N–H and O–H groups in total. The summed E-state index contributed by atoms with van der Waals surface area (Å²) in [6, 6.07) is 9.79. The van der Waals surface area contributed by atoms with Crippen molar-refractivity contribution in [2.45, 2.75) is 19.0 Å². The van der Waals surface area contributed by atoms with Gasteiger partial charge in [-0.2, -0.15) is 0 Å². The van der Waals surface area contributed by atoms with E-state index >= 15 is 0 Å². The van der Waals surface area contributed by atoms with Crippen molar-refractivity contribution in [1.82, 2.24) is 10.2 Å². The minimum Gasteiger partial charge on any atom is -0.319 e. The fraction of sp³-hybridized carbons (Fsp3) is 0.176. The van der Waals surface area contributed by atoms with Crippen LogP contribution in [-0.4, -0.2) is 16.8 Å². The molecule has 0 aromatic heterocycles. The first-order chi connectivity index (χ1) is 11.3. The molecule has 1 saturated heterocycles. The van der Waals surface area contributed by atoms with Crippen molar-refractivity contribution in [3.63, 3.8) is 0 Å². The van der Waals surface area contributed by atoms with Gasteiger partial charge in [-0.15, -0.1) is 0 Å². The zero-order valence-corrected chi connectivity index (χ0v) is 14.2. The van der Waals surface area contributed by atoms with Gasteiger partial charge in [0.15, 0.2) is 11.6 Å². The van der Waals surface area contributed by atoms with E-state index in [2.05, 4.69) is 21.2 Å². The van der Waals surface area contributed by atoms with Gasteiger partial charge in [0.25, 0.3) is 5.91 Å². The number of hydrogen-bond donors (Lipinski definition) is 1. The summed E-state index contributed by atoms with van der Waals surface area (Å²) in [6.45, 7) is 1.55. The molecule has 1 aliphatic heterocycles. The first-order valence-corrected chi connectivity index (χ1v) is 7.95. The number of urea groups is 1. The van der Waals surface area contributed by atoms with Crippen LogP contribution in [0.15, 0.2) is 46.9 Å². The topological polar surface area (TPSA) is 49.4 Å². The molecule has 0 aliphatic carbocycles. The van der Waals surface area contributed by atoms with Crippen LogP contribution < -0.4 is 5.32 Å². The highest BCUT2D eigenvalue weighted by Gasteiger charge is 2.49. The number of hydrogen-bond acceptors (Lipinski definition) is 2. The Balaban J connectivity index is 1.93. The molecule has 7 heteroatoms. The van der Waals surface area contributed by atoms with Gasteiger partial charge in [0.1, 0.15) is 5.54 Å². The van der Waals surface area contributed by atoms with Gasteiger partial charge in [-0.05, 0) is 36.2 Å². The zero-order valence-electron chi connectivity index (χ0n) is 12.6. The third-order valence-corrected chi connectivity index (χ3v) is 4.83. The minimum atomic E-state index is -1.44. The second-order valence-corrected chi connectivity index (χ2v) is 6.52. The number of nitrogens with one attached hydrogen (secondary N) is 1. The highest BCUT2D eigenvalue weighted by molar-refractivity contribution is 9.10. The molecule has 3 amide bonds. The Labute approximate surface area is 145 Å². The van der Waals surface area contributed by atoms with Crippen LogP contribution in [0.3, 0.4) is 0 Å². The largest absolute Gasteiger partial charge is 0.325 e. The number of imide groups is 1. The van der Waals surface area contributed by atoms with Crippen LogP contribution in [0.4, 0.5) is 13.6 Å². The lowest BCUT2D eigenvalue weighted by Gasteiger charge is -2.22. The van der Waals surface area contributed by atoms with Crippen LogP contribution in [0.1, 0.15) is 18.1 Å². The van der Waals surface area contributed by atoms with Crippen LogP contribution >= 0.6 is 15.9 Å². The Kier molecular flexibility index (Phi) is 4.13. The van der Waals surface area contributed by atoms with Crippen molar-refractivity contribution in [3.05, 3.63) is 69.7 Å². The van der Waals surface area contributed by atoms with Crippen LogP contribution in [-0.2, 0) is 16.9 Å². The molecule has 0 bridgehead atoms. The summed E-state index contributed by atoms with van der Waals surface area (Å²) in [7, 11) is 0. The van der Waals surface area contributed by atoms with Crippen LogP contribution in [0.25, 0.3) is 0 Å². The number of carbonyl (C=O) groups excluding carboxylic acids is 2. The summed E-state index contributed by atoms with van der Waals surface area (Å²) >= 11 is 3.37. The number of rotatable bonds is 3. The Morgan fingerprint density at radius 3 is 2.50 bits per heavy atom. The van der Waals surface area contributed by atoms with E-state index in [9.17, 15) is 18.4 Å². The van der Waals surface area contributed by atoms with Gasteiger partial charge >= 0.3 is 6.03 Å². The Bertz CT molecular complexity index is 843. The second kappa shape index (κ2) is 5.98.